The molecule has 2 amide bonds. The van der Waals surface area contributed by atoms with Gasteiger partial charge < -0.3 is 29.6 Å². The van der Waals surface area contributed by atoms with Crippen molar-refractivity contribution in [1.82, 2.24) is 10.6 Å². The molecule has 1 atom stereocenters. The third kappa shape index (κ3) is 6.75. The largest absolute Gasteiger partial charge is 0.497 e. The number of aryl methyl sites for hydroxylation is 1. The number of carbonyl (C=O) groups excluding carboxylic acids is 3. The maximum absolute atomic E-state index is 12.8. The highest BCUT2D eigenvalue weighted by molar-refractivity contribution is 5.95. The second kappa shape index (κ2) is 12.5. The van der Waals surface area contributed by atoms with E-state index < -0.39 is 24.0 Å². The van der Waals surface area contributed by atoms with Gasteiger partial charge in [0.2, 0.25) is 0 Å². The smallest absolute Gasteiger partial charge is 0.338 e. The lowest BCUT2D eigenvalue weighted by molar-refractivity contribution is -0.143. The summed E-state index contributed by atoms with van der Waals surface area (Å²) in [5.41, 5.74) is 1.90. The van der Waals surface area contributed by atoms with Gasteiger partial charge in [0.05, 0.1) is 37.6 Å². The number of rotatable bonds is 11. The van der Waals surface area contributed by atoms with Crippen molar-refractivity contribution in [1.29, 1.82) is 0 Å². The van der Waals surface area contributed by atoms with E-state index in [9.17, 15) is 14.4 Å². The van der Waals surface area contributed by atoms with Crippen LogP contribution < -0.4 is 20.1 Å². The number of esters is 2. The number of amides is 2. The summed E-state index contributed by atoms with van der Waals surface area (Å²) in [6.07, 6.45) is 0.543. The van der Waals surface area contributed by atoms with Crippen molar-refractivity contribution in [2.45, 2.75) is 32.7 Å². The van der Waals surface area contributed by atoms with Gasteiger partial charge in [0.1, 0.15) is 18.1 Å². The molecule has 0 bridgehead atoms. The number of ether oxygens (including phenoxy) is 4. The van der Waals surface area contributed by atoms with E-state index >= 15 is 0 Å². The lowest BCUT2D eigenvalue weighted by Gasteiger charge is -2.29. The van der Waals surface area contributed by atoms with Crippen molar-refractivity contribution in [3.05, 3.63) is 70.9 Å². The summed E-state index contributed by atoms with van der Waals surface area (Å²) in [4.78, 5) is 37.7. The summed E-state index contributed by atoms with van der Waals surface area (Å²) in [5.74, 6) is 0.275. The summed E-state index contributed by atoms with van der Waals surface area (Å²) >= 11 is 0. The summed E-state index contributed by atoms with van der Waals surface area (Å²) in [6.45, 7) is 3.98. The Balaban J connectivity index is 1.76. The molecule has 0 aliphatic carbocycles. The third-order valence-electron chi connectivity index (χ3n) is 5.35. The Kier molecular flexibility index (Phi) is 9.11. The molecule has 0 saturated heterocycles. The van der Waals surface area contributed by atoms with Gasteiger partial charge in [-0.15, -0.1) is 0 Å². The Morgan fingerprint density at radius 3 is 2.40 bits per heavy atom. The maximum atomic E-state index is 12.8. The van der Waals surface area contributed by atoms with Gasteiger partial charge in [-0.05, 0) is 49.6 Å². The highest BCUT2D eigenvalue weighted by atomic mass is 16.5. The molecule has 2 aromatic carbocycles. The molecule has 35 heavy (non-hydrogen) atoms. The first-order valence-electron chi connectivity index (χ1n) is 11.4. The van der Waals surface area contributed by atoms with Crippen molar-refractivity contribution in [2.75, 3.05) is 26.9 Å². The van der Waals surface area contributed by atoms with Crippen LogP contribution in [0.3, 0.4) is 0 Å². The number of carbonyl (C=O) groups is 3. The monoisotopic (exact) mass is 482 g/mol. The topological polar surface area (TPSA) is 112 Å². The summed E-state index contributed by atoms with van der Waals surface area (Å²) in [7, 11) is 1.55. The van der Waals surface area contributed by atoms with Crippen LogP contribution in [0.5, 0.6) is 11.5 Å². The van der Waals surface area contributed by atoms with Gasteiger partial charge in [0, 0.05) is 6.42 Å². The third-order valence-corrected chi connectivity index (χ3v) is 5.35. The molecule has 9 nitrogen and oxygen atoms in total. The van der Waals surface area contributed by atoms with Gasteiger partial charge in [-0.2, -0.15) is 0 Å². The average Bonchev–Trinajstić information content (AvgIpc) is 2.87. The summed E-state index contributed by atoms with van der Waals surface area (Å²) in [6, 6.07) is 13.1. The van der Waals surface area contributed by atoms with Crippen molar-refractivity contribution < 1.29 is 33.3 Å². The van der Waals surface area contributed by atoms with Crippen LogP contribution in [0.2, 0.25) is 0 Å². The van der Waals surface area contributed by atoms with Gasteiger partial charge >= 0.3 is 18.0 Å². The van der Waals surface area contributed by atoms with Crippen molar-refractivity contribution in [3.63, 3.8) is 0 Å². The molecule has 0 radical (unpaired) electrons. The van der Waals surface area contributed by atoms with Crippen LogP contribution in [0.4, 0.5) is 4.79 Å². The first-order valence-corrected chi connectivity index (χ1v) is 11.4. The highest BCUT2D eigenvalue weighted by Crippen LogP contribution is 2.29. The minimum atomic E-state index is -0.777. The molecule has 0 fully saturated rings. The van der Waals surface area contributed by atoms with Crippen LogP contribution in [-0.4, -0.2) is 44.9 Å². The molecular weight excluding hydrogens is 452 g/mol. The van der Waals surface area contributed by atoms with E-state index in [4.69, 9.17) is 18.9 Å². The van der Waals surface area contributed by atoms with E-state index in [1.165, 1.54) is 0 Å². The Hall–Kier alpha value is -4.01. The molecule has 0 spiro atoms. The van der Waals surface area contributed by atoms with E-state index in [0.717, 1.165) is 11.3 Å². The number of nitrogens with one attached hydrogen (secondary N) is 2. The maximum Gasteiger partial charge on any atom is 0.338 e. The van der Waals surface area contributed by atoms with E-state index in [-0.39, 0.29) is 30.9 Å². The highest BCUT2D eigenvalue weighted by Gasteiger charge is 2.34. The first-order chi connectivity index (χ1) is 17.0. The predicted molar refractivity (Wildman–Crippen MR) is 128 cm³/mol. The van der Waals surface area contributed by atoms with Gasteiger partial charge in [-0.3, -0.25) is 4.79 Å². The van der Waals surface area contributed by atoms with Crippen molar-refractivity contribution in [3.8, 4) is 11.5 Å². The molecule has 1 heterocycles. The molecule has 1 aliphatic heterocycles. The second-order valence-electron chi connectivity index (χ2n) is 7.62. The van der Waals surface area contributed by atoms with E-state index in [0.29, 0.717) is 24.3 Å². The average molecular weight is 483 g/mol. The van der Waals surface area contributed by atoms with E-state index in [2.05, 4.69) is 10.6 Å². The molecule has 186 valence electrons. The molecular formula is C26H30N2O7. The minimum Gasteiger partial charge on any atom is -0.497 e. The Morgan fingerprint density at radius 2 is 1.71 bits per heavy atom. The molecule has 2 N–H and O–H groups in total. The summed E-state index contributed by atoms with van der Waals surface area (Å²) in [5, 5.41) is 5.33. The van der Waals surface area contributed by atoms with Crippen LogP contribution in [0.15, 0.2) is 59.8 Å². The number of benzene rings is 2. The van der Waals surface area contributed by atoms with E-state index in [1.54, 1.807) is 38.3 Å². The van der Waals surface area contributed by atoms with Crippen LogP contribution >= 0.6 is 0 Å². The first kappa shape index (κ1) is 25.6. The van der Waals surface area contributed by atoms with Gasteiger partial charge in [0.15, 0.2) is 0 Å². The van der Waals surface area contributed by atoms with Crippen LogP contribution in [0.1, 0.15) is 37.4 Å². The fraction of sp³-hybridized carbons (Fsp3) is 0.346. The Bertz CT molecular complexity index is 1080. The Labute approximate surface area is 204 Å². The van der Waals surface area contributed by atoms with Crippen molar-refractivity contribution >= 4 is 18.0 Å². The van der Waals surface area contributed by atoms with Gasteiger partial charge in [0.25, 0.3) is 0 Å². The zero-order valence-corrected chi connectivity index (χ0v) is 20.1. The summed E-state index contributed by atoms with van der Waals surface area (Å²) < 4.78 is 21.4. The second-order valence-corrected chi connectivity index (χ2v) is 7.62. The number of methoxy groups -OCH3 is 1. The number of para-hydroxylation sites is 1. The van der Waals surface area contributed by atoms with Gasteiger partial charge in [-0.25, -0.2) is 9.59 Å². The van der Waals surface area contributed by atoms with Gasteiger partial charge in [-0.1, -0.05) is 30.3 Å². The molecule has 1 aliphatic rings. The quantitative estimate of drug-likeness (QED) is 0.472. The molecule has 9 heteroatoms. The molecule has 3 rings (SSSR count). The molecule has 0 saturated carbocycles. The minimum absolute atomic E-state index is 0.111. The predicted octanol–water partition coefficient (Wildman–Crippen LogP) is 3.44. The molecule has 1 unspecified atom stereocenters. The zero-order chi connectivity index (χ0) is 25.2. The molecule has 2 aromatic rings. The van der Waals surface area contributed by atoms with Crippen molar-refractivity contribution in [2.24, 2.45) is 0 Å². The Morgan fingerprint density at radius 1 is 0.971 bits per heavy atom. The normalized spacial score (nSPS) is 15.1. The van der Waals surface area contributed by atoms with E-state index in [1.807, 2.05) is 31.2 Å². The fourth-order valence-electron chi connectivity index (χ4n) is 3.70. The number of hydrogen-bond acceptors (Lipinski definition) is 7. The van der Waals surface area contributed by atoms with Crippen LogP contribution in [0, 0.1) is 0 Å². The lowest BCUT2D eigenvalue weighted by atomic mass is 9.95. The standard InChI is InChI=1S/C26H30N2O7/c1-4-33-21-9-7-6-8-17(21)12-15-22(29)35-16-20-23(25(30)34-5-2)24(28-26(31)27-20)18-10-13-19(32-3)14-11-18/h6-11,13-14,24H,4-5,12,15-16H2,1-3H3,(H2,27,28,31). The fourth-order valence-corrected chi connectivity index (χ4v) is 3.70. The van der Waals surface area contributed by atoms with Crippen LogP contribution in [-0.2, 0) is 25.5 Å². The number of hydrogen-bond donors (Lipinski definition) is 2. The molecule has 0 aromatic heterocycles. The zero-order valence-electron chi connectivity index (χ0n) is 20.1. The van der Waals surface area contributed by atoms with Crippen LogP contribution in [0.25, 0.3) is 0 Å². The SMILES string of the molecule is CCOC(=O)C1=C(COC(=O)CCc2ccccc2OCC)NC(=O)NC1c1ccc(OC)cc1. The number of urea groups is 1. The lowest BCUT2D eigenvalue weighted by Crippen LogP contribution is -2.47.